The minimum absolute atomic E-state index is 0.0205. The van der Waals surface area contributed by atoms with Gasteiger partial charge in [0.25, 0.3) is 11.8 Å². The molecule has 0 aromatic heterocycles. The number of amides is 3. The minimum Gasteiger partial charge on any atom is -0.353 e. The van der Waals surface area contributed by atoms with Crippen LogP contribution in [0.2, 0.25) is 0 Å². The van der Waals surface area contributed by atoms with Gasteiger partial charge in [0, 0.05) is 43.1 Å². The quantitative estimate of drug-likeness (QED) is 0.733. The molecular weight excluding hydrogens is 437 g/mol. The summed E-state index contributed by atoms with van der Waals surface area (Å²) in [5, 5.41) is 2.97. The Labute approximate surface area is 198 Å². The lowest BCUT2D eigenvalue weighted by molar-refractivity contribution is -0.128. The molecule has 1 N–H and O–H groups in total. The molecule has 2 unspecified atom stereocenters. The second kappa shape index (κ2) is 9.93. The van der Waals surface area contributed by atoms with E-state index in [0.717, 1.165) is 6.42 Å². The summed E-state index contributed by atoms with van der Waals surface area (Å²) < 4.78 is 19.4. The third-order valence-electron chi connectivity index (χ3n) is 6.73. The van der Waals surface area contributed by atoms with Gasteiger partial charge in [-0.3, -0.25) is 19.3 Å². The zero-order chi connectivity index (χ0) is 24.3. The van der Waals surface area contributed by atoms with Gasteiger partial charge in [-0.1, -0.05) is 25.1 Å². The molecule has 2 aromatic rings. The Morgan fingerprint density at radius 3 is 2.26 bits per heavy atom. The first-order chi connectivity index (χ1) is 16.3. The summed E-state index contributed by atoms with van der Waals surface area (Å²) in [6.45, 7) is 4.72. The molecule has 4 rings (SSSR count). The Kier molecular flexibility index (Phi) is 6.97. The number of carbonyl (C=O) groups is 3. The molecule has 8 heteroatoms. The van der Waals surface area contributed by atoms with Gasteiger partial charge < -0.3 is 15.0 Å². The fourth-order valence-corrected chi connectivity index (χ4v) is 4.56. The molecule has 2 aliphatic rings. The second-order valence-electron chi connectivity index (χ2n) is 8.93. The summed E-state index contributed by atoms with van der Waals surface area (Å²) >= 11 is 0. The molecule has 2 heterocycles. The number of benzene rings is 2. The third-order valence-corrected chi connectivity index (χ3v) is 6.73. The first-order valence-corrected chi connectivity index (χ1v) is 11.7. The Hall–Kier alpha value is -3.26. The smallest absolute Gasteiger partial charge is 0.256 e. The van der Waals surface area contributed by atoms with Gasteiger partial charge in [0.1, 0.15) is 17.6 Å². The molecule has 2 aromatic carbocycles. The number of nitrogens with one attached hydrogen (secondary N) is 1. The van der Waals surface area contributed by atoms with E-state index in [4.69, 9.17) is 4.74 Å². The average Bonchev–Trinajstić information content (AvgIpc) is 3.23. The molecule has 3 amide bonds. The normalized spacial score (nSPS) is 20.3. The van der Waals surface area contributed by atoms with Crippen molar-refractivity contribution in [2.45, 2.75) is 50.9 Å². The van der Waals surface area contributed by atoms with Gasteiger partial charge >= 0.3 is 0 Å². The molecule has 0 radical (unpaired) electrons. The Morgan fingerprint density at radius 1 is 1.03 bits per heavy atom. The van der Waals surface area contributed by atoms with E-state index in [2.05, 4.69) is 5.32 Å². The van der Waals surface area contributed by atoms with Gasteiger partial charge in [-0.15, -0.1) is 0 Å². The molecule has 180 valence electrons. The molecule has 0 bridgehead atoms. The zero-order valence-electron chi connectivity index (χ0n) is 19.5. The number of rotatable bonds is 5. The number of hydrogen-bond acceptors (Lipinski definition) is 4. The van der Waals surface area contributed by atoms with Crippen LogP contribution in [0.25, 0.3) is 0 Å². The molecule has 34 heavy (non-hydrogen) atoms. The van der Waals surface area contributed by atoms with Gasteiger partial charge in [-0.2, -0.15) is 0 Å². The number of carbonyl (C=O) groups excluding carboxylic acids is 3. The zero-order valence-corrected chi connectivity index (χ0v) is 19.5. The summed E-state index contributed by atoms with van der Waals surface area (Å²) in [6.07, 6.45) is 1.54. The number of piperidine rings is 1. The van der Waals surface area contributed by atoms with Crippen LogP contribution in [0.15, 0.2) is 54.6 Å². The molecule has 0 saturated carbocycles. The second-order valence-corrected chi connectivity index (χ2v) is 8.93. The lowest BCUT2D eigenvalue weighted by Crippen LogP contribution is -2.60. The fourth-order valence-electron chi connectivity index (χ4n) is 4.56. The van der Waals surface area contributed by atoms with E-state index in [-0.39, 0.29) is 30.4 Å². The number of halogens is 1. The first kappa shape index (κ1) is 23.9. The van der Waals surface area contributed by atoms with Gasteiger partial charge in [0.15, 0.2) is 0 Å². The van der Waals surface area contributed by atoms with Crippen molar-refractivity contribution in [1.82, 2.24) is 15.1 Å². The van der Waals surface area contributed by atoms with E-state index in [1.807, 2.05) is 19.9 Å². The summed E-state index contributed by atoms with van der Waals surface area (Å²) in [5.41, 5.74) is -0.0736. The van der Waals surface area contributed by atoms with E-state index >= 15 is 0 Å². The van der Waals surface area contributed by atoms with Crippen molar-refractivity contribution in [2.75, 3.05) is 19.7 Å². The Morgan fingerprint density at radius 2 is 1.65 bits per heavy atom. The van der Waals surface area contributed by atoms with Crippen LogP contribution in [-0.4, -0.2) is 65.0 Å². The predicted molar refractivity (Wildman–Crippen MR) is 125 cm³/mol. The number of nitrogens with zero attached hydrogens (tertiary/aromatic N) is 2. The Balaban J connectivity index is 1.56. The summed E-state index contributed by atoms with van der Waals surface area (Å²) in [5.74, 6) is -1.09. The lowest BCUT2D eigenvalue weighted by atomic mass is 9.96. The van der Waals surface area contributed by atoms with Crippen molar-refractivity contribution in [3.05, 3.63) is 71.5 Å². The standard InChI is InChI=1S/C26H30FN3O4/c1-3-18(2)28-23(31)22-17-34-26(30(22)25(33)19-7-5-4-6-8-19)13-15-29(16-14-26)24(32)20-9-11-21(27)12-10-20/h4-12,18,22H,3,13-17H2,1-2H3,(H,28,31). The van der Waals surface area contributed by atoms with Crippen molar-refractivity contribution < 1.29 is 23.5 Å². The molecule has 2 aliphatic heterocycles. The Bertz CT molecular complexity index is 1040. The molecule has 2 atom stereocenters. The maximum absolute atomic E-state index is 13.6. The summed E-state index contributed by atoms with van der Waals surface area (Å²) in [4.78, 5) is 42.9. The number of ether oxygens (including phenoxy) is 1. The minimum atomic E-state index is -0.968. The molecule has 2 fully saturated rings. The third kappa shape index (κ3) is 4.68. The number of likely N-dealkylation sites (tertiary alicyclic amines) is 1. The SMILES string of the molecule is CCC(C)NC(=O)C1COC2(CCN(C(=O)c3ccc(F)cc3)CC2)N1C(=O)c1ccccc1. The van der Waals surface area contributed by atoms with E-state index in [1.165, 1.54) is 24.3 Å². The molecule has 0 aliphatic carbocycles. The van der Waals surface area contributed by atoms with Gasteiger partial charge in [-0.25, -0.2) is 4.39 Å². The van der Waals surface area contributed by atoms with Gasteiger partial charge in [-0.05, 0) is 49.7 Å². The fraction of sp³-hybridized carbons (Fsp3) is 0.423. The van der Waals surface area contributed by atoms with E-state index in [9.17, 15) is 18.8 Å². The molecular formula is C26H30FN3O4. The van der Waals surface area contributed by atoms with Crippen molar-refractivity contribution in [1.29, 1.82) is 0 Å². The highest BCUT2D eigenvalue weighted by molar-refractivity contribution is 5.98. The average molecular weight is 468 g/mol. The van der Waals surface area contributed by atoms with Crippen LogP contribution in [0.3, 0.4) is 0 Å². The molecule has 1 spiro atoms. The van der Waals surface area contributed by atoms with Crippen LogP contribution in [0.4, 0.5) is 4.39 Å². The highest BCUT2D eigenvalue weighted by atomic mass is 19.1. The van der Waals surface area contributed by atoms with Crippen LogP contribution in [0, 0.1) is 5.82 Å². The van der Waals surface area contributed by atoms with Crippen molar-refractivity contribution in [3.63, 3.8) is 0 Å². The summed E-state index contributed by atoms with van der Waals surface area (Å²) in [7, 11) is 0. The highest BCUT2D eigenvalue weighted by Crippen LogP contribution is 2.38. The maximum atomic E-state index is 13.6. The summed E-state index contributed by atoms with van der Waals surface area (Å²) in [6, 6.07) is 13.6. The lowest BCUT2D eigenvalue weighted by Gasteiger charge is -2.44. The van der Waals surface area contributed by atoms with Crippen LogP contribution in [0.1, 0.15) is 53.8 Å². The van der Waals surface area contributed by atoms with E-state index < -0.39 is 17.6 Å². The van der Waals surface area contributed by atoms with Gasteiger partial charge in [0.2, 0.25) is 5.91 Å². The van der Waals surface area contributed by atoms with Crippen LogP contribution in [-0.2, 0) is 9.53 Å². The van der Waals surface area contributed by atoms with Crippen LogP contribution < -0.4 is 5.32 Å². The monoisotopic (exact) mass is 467 g/mol. The van der Waals surface area contributed by atoms with Gasteiger partial charge in [0.05, 0.1) is 6.61 Å². The van der Waals surface area contributed by atoms with Crippen molar-refractivity contribution in [3.8, 4) is 0 Å². The first-order valence-electron chi connectivity index (χ1n) is 11.7. The largest absolute Gasteiger partial charge is 0.353 e. The van der Waals surface area contributed by atoms with E-state index in [1.54, 1.807) is 34.1 Å². The van der Waals surface area contributed by atoms with Crippen molar-refractivity contribution >= 4 is 17.7 Å². The molecule has 2 saturated heterocycles. The highest BCUT2D eigenvalue weighted by Gasteiger charge is 2.54. The molecule has 7 nitrogen and oxygen atoms in total. The maximum Gasteiger partial charge on any atom is 0.256 e. The van der Waals surface area contributed by atoms with Crippen LogP contribution in [0.5, 0.6) is 0 Å². The van der Waals surface area contributed by atoms with Crippen molar-refractivity contribution in [2.24, 2.45) is 0 Å². The predicted octanol–water partition coefficient (Wildman–Crippen LogP) is 3.21. The van der Waals surface area contributed by atoms with Crippen LogP contribution >= 0.6 is 0 Å². The topological polar surface area (TPSA) is 79.0 Å². The van der Waals surface area contributed by atoms with E-state index in [0.29, 0.717) is 37.1 Å². The number of hydrogen-bond donors (Lipinski definition) is 1.